The van der Waals surface area contributed by atoms with Crippen LogP contribution in [0.2, 0.25) is 15.1 Å². The van der Waals surface area contributed by atoms with Crippen LogP contribution < -0.4 is 5.32 Å². The van der Waals surface area contributed by atoms with E-state index in [-0.39, 0.29) is 46.9 Å². The van der Waals surface area contributed by atoms with Crippen molar-refractivity contribution < 1.29 is 23.9 Å². The van der Waals surface area contributed by atoms with E-state index < -0.39 is 17.9 Å². The van der Waals surface area contributed by atoms with Gasteiger partial charge in [-0.3, -0.25) is 14.4 Å². The molecule has 248 valence electrons. The van der Waals surface area contributed by atoms with Crippen LogP contribution in [0.5, 0.6) is 0 Å². The molecule has 1 aliphatic rings. The van der Waals surface area contributed by atoms with Crippen molar-refractivity contribution in [1.82, 2.24) is 15.1 Å². The number of hydrogen-bond donors (Lipinski definition) is 1. The van der Waals surface area contributed by atoms with Gasteiger partial charge in [-0.25, -0.2) is 4.79 Å². The number of ether oxygens (including phenoxy) is 1. The normalized spacial score (nSPS) is 13.0. The number of esters is 1. The van der Waals surface area contributed by atoms with Crippen molar-refractivity contribution in [3.8, 4) is 0 Å². The number of carbonyl (C=O) groups is 4. The lowest BCUT2D eigenvalue weighted by atomic mass is 9.95. The van der Waals surface area contributed by atoms with Crippen LogP contribution in [0.1, 0.15) is 55.8 Å². The number of benzene rings is 4. The SMILES string of the molecule is CN(Cc1ccccc1)C(=O)CC[C@H](NC(=O)c1c(Cl)cc2c(c1Cl)CCN(Cc1cccc(Cl)c1)C2=O)C(=O)OCc1ccccc1. The highest BCUT2D eigenvalue weighted by atomic mass is 35.5. The fourth-order valence-corrected chi connectivity index (χ4v) is 6.48. The molecule has 0 fully saturated rings. The van der Waals surface area contributed by atoms with Crippen molar-refractivity contribution in [3.05, 3.63) is 139 Å². The van der Waals surface area contributed by atoms with Crippen LogP contribution in [0.25, 0.3) is 0 Å². The number of fused-ring (bicyclic) bond motifs is 1. The van der Waals surface area contributed by atoms with Crippen molar-refractivity contribution in [2.24, 2.45) is 0 Å². The molecule has 8 nitrogen and oxygen atoms in total. The Kier molecular flexibility index (Phi) is 11.8. The van der Waals surface area contributed by atoms with Gasteiger partial charge in [0.05, 0.1) is 15.6 Å². The van der Waals surface area contributed by atoms with Crippen molar-refractivity contribution in [3.63, 3.8) is 0 Å². The number of nitrogens with one attached hydrogen (secondary N) is 1. The molecule has 1 heterocycles. The number of carbonyl (C=O) groups excluding carboxylic acids is 4. The van der Waals surface area contributed by atoms with E-state index in [4.69, 9.17) is 39.5 Å². The zero-order valence-corrected chi connectivity index (χ0v) is 28.5. The Morgan fingerprint density at radius 2 is 1.56 bits per heavy atom. The number of halogens is 3. The molecule has 0 bridgehead atoms. The minimum Gasteiger partial charge on any atom is -0.459 e. The smallest absolute Gasteiger partial charge is 0.328 e. The van der Waals surface area contributed by atoms with Gasteiger partial charge in [-0.2, -0.15) is 0 Å². The lowest BCUT2D eigenvalue weighted by Gasteiger charge is -2.30. The van der Waals surface area contributed by atoms with Gasteiger partial charge in [-0.05, 0) is 53.3 Å². The first-order valence-electron chi connectivity index (χ1n) is 15.4. The number of rotatable bonds is 12. The molecule has 0 aliphatic carbocycles. The van der Waals surface area contributed by atoms with Crippen LogP contribution in [0, 0.1) is 0 Å². The summed E-state index contributed by atoms with van der Waals surface area (Å²) in [6, 6.07) is 26.2. The molecule has 0 saturated carbocycles. The van der Waals surface area contributed by atoms with E-state index >= 15 is 0 Å². The van der Waals surface area contributed by atoms with Crippen LogP contribution in [-0.2, 0) is 40.4 Å². The largest absolute Gasteiger partial charge is 0.459 e. The summed E-state index contributed by atoms with van der Waals surface area (Å²) < 4.78 is 5.55. The lowest BCUT2D eigenvalue weighted by molar-refractivity contribution is -0.147. The molecule has 0 radical (unpaired) electrons. The number of hydrogen-bond acceptors (Lipinski definition) is 5. The standard InChI is InChI=1S/C37H34Cl3N3O5/c1-42(21-24-9-4-2-5-10-24)32(44)16-15-31(37(47)48-23-25-11-6-3-7-12-25)41-35(45)33-30(39)20-29-28(34(33)40)17-18-43(36(29)46)22-26-13-8-14-27(38)19-26/h2-14,19-20,31H,15-18,21-23H2,1H3,(H,41,45)/t31-/m0/s1. The van der Waals surface area contributed by atoms with Crippen LogP contribution in [0.15, 0.2) is 91.0 Å². The van der Waals surface area contributed by atoms with Gasteiger partial charge in [0.2, 0.25) is 5.91 Å². The summed E-state index contributed by atoms with van der Waals surface area (Å²) in [5.74, 6) is -1.90. The third-order valence-electron chi connectivity index (χ3n) is 8.11. The van der Waals surface area contributed by atoms with Crippen LogP contribution >= 0.6 is 34.8 Å². The van der Waals surface area contributed by atoms with Gasteiger partial charge < -0.3 is 19.9 Å². The summed E-state index contributed by atoms with van der Waals surface area (Å²) in [4.78, 5) is 56.8. The molecule has 0 spiro atoms. The zero-order valence-electron chi connectivity index (χ0n) is 26.3. The maximum absolute atomic E-state index is 13.7. The Balaban J connectivity index is 1.31. The summed E-state index contributed by atoms with van der Waals surface area (Å²) in [7, 11) is 1.68. The van der Waals surface area contributed by atoms with E-state index in [1.54, 1.807) is 29.0 Å². The van der Waals surface area contributed by atoms with E-state index in [9.17, 15) is 19.2 Å². The quantitative estimate of drug-likeness (QED) is 0.158. The first-order chi connectivity index (χ1) is 23.1. The van der Waals surface area contributed by atoms with Crippen LogP contribution in [0.4, 0.5) is 0 Å². The molecule has 4 aromatic carbocycles. The van der Waals surface area contributed by atoms with Crippen molar-refractivity contribution in [2.45, 2.75) is 45.0 Å². The molecule has 0 saturated heterocycles. The Morgan fingerprint density at radius 3 is 2.25 bits per heavy atom. The molecule has 0 unspecified atom stereocenters. The van der Waals surface area contributed by atoms with Crippen LogP contribution in [-0.4, -0.2) is 53.1 Å². The lowest BCUT2D eigenvalue weighted by Crippen LogP contribution is -2.43. The average molecular weight is 707 g/mol. The molecule has 3 amide bonds. The first kappa shape index (κ1) is 35.0. The van der Waals surface area contributed by atoms with E-state index in [0.29, 0.717) is 42.2 Å². The molecular weight excluding hydrogens is 673 g/mol. The van der Waals surface area contributed by atoms with E-state index in [1.807, 2.05) is 72.8 Å². The average Bonchev–Trinajstić information content (AvgIpc) is 3.07. The van der Waals surface area contributed by atoms with Gasteiger partial charge >= 0.3 is 5.97 Å². The number of amides is 3. The molecule has 11 heteroatoms. The minimum absolute atomic E-state index is 0.0118. The Hall–Kier alpha value is -4.37. The molecule has 1 atom stereocenters. The highest BCUT2D eigenvalue weighted by molar-refractivity contribution is 6.41. The third kappa shape index (κ3) is 8.75. The van der Waals surface area contributed by atoms with E-state index in [0.717, 1.165) is 16.7 Å². The second-order valence-corrected chi connectivity index (χ2v) is 12.8. The van der Waals surface area contributed by atoms with Gasteiger partial charge in [0, 0.05) is 43.7 Å². The molecule has 1 N–H and O–H groups in total. The van der Waals surface area contributed by atoms with Gasteiger partial charge in [0.1, 0.15) is 12.6 Å². The van der Waals surface area contributed by atoms with E-state index in [2.05, 4.69) is 5.32 Å². The van der Waals surface area contributed by atoms with E-state index in [1.165, 1.54) is 6.07 Å². The fourth-order valence-electron chi connectivity index (χ4n) is 5.54. The van der Waals surface area contributed by atoms with Crippen LogP contribution in [0.3, 0.4) is 0 Å². The van der Waals surface area contributed by atoms with Crippen molar-refractivity contribution >= 4 is 58.5 Å². The maximum atomic E-state index is 13.7. The molecule has 1 aliphatic heterocycles. The summed E-state index contributed by atoms with van der Waals surface area (Å²) in [6.45, 7) is 1.10. The minimum atomic E-state index is -1.17. The Morgan fingerprint density at radius 1 is 0.896 bits per heavy atom. The molecule has 4 aromatic rings. The third-order valence-corrected chi connectivity index (χ3v) is 9.06. The summed E-state index contributed by atoms with van der Waals surface area (Å²) in [5, 5.41) is 3.28. The second kappa shape index (κ2) is 16.2. The van der Waals surface area contributed by atoms with Gasteiger partial charge in [0.15, 0.2) is 0 Å². The first-order valence-corrected chi connectivity index (χ1v) is 16.6. The molecule has 0 aromatic heterocycles. The Labute approximate surface area is 294 Å². The van der Waals surface area contributed by atoms with Crippen molar-refractivity contribution in [1.29, 1.82) is 0 Å². The molecular formula is C37H34Cl3N3O5. The topological polar surface area (TPSA) is 96.0 Å². The van der Waals surface area contributed by atoms with Gasteiger partial charge in [-0.15, -0.1) is 0 Å². The molecule has 48 heavy (non-hydrogen) atoms. The Bertz CT molecular complexity index is 1800. The predicted molar refractivity (Wildman–Crippen MR) is 186 cm³/mol. The fraction of sp³-hybridized carbons (Fsp3) is 0.243. The maximum Gasteiger partial charge on any atom is 0.328 e. The monoisotopic (exact) mass is 705 g/mol. The summed E-state index contributed by atoms with van der Waals surface area (Å²) >= 11 is 19.5. The highest BCUT2D eigenvalue weighted by Gasteiger charge is 2.32. The van der Waals surface area contributed by atoms with Gasteiger partial charge in [0.25, 0.3) is 11.8 Å². The second-order valence-electron chi connectivity index (χ2n) is 11.6. The predicted octanol–water partition coefficient (Wildman–Crippen LogP) is 7.13. The van der Waals surface area contributed by atoms with Gasteiger partial charge in [-0.1, -0.05) is 108 Å². The number of nitrogens with zero attached hydrogens (tertiary/aromatic N) is 2. The molecule has 5 rings (SSSR count). The summed E-state index contributed by atoms with van der Waals surface area (Å²) in [5.41, 5.74) is 3.36. The zero-order chi connectivity index (χ0) is 34.2. The highest BCUT2D eigenvalue weighted by Crippen LogP contribution is 2.35. The van der Waals surface area contributed by atoms with Crippen molar-refractivity contribution in [2.75, 3.05) is 13.6 Å². The summed E-state index contributed by atoms with van der Waals surface area (Å²) in [6.07, 6.45) is 0.342.